The minimum atomic E-state index is -0.441. The van der Waals surface area contributed by atoms with Gasteiger partial charge >= 0.3 is 0 Å². The Kier molecular flexibility index (Phi) is 3.38. The first-order valence-electron chi connectivity index (χ1n) is 8.41. The van der Waals surface area contributed by atoms with Crippen LogP contribution < -0.4 is 0 Å². The number of nitro benzene ring substituents is 1. The van der Waals surface area contributed by atoms with E-state index in [1.165, 1.54) is 12.1 Å². The molecule has 0 amide bonds. The number of hydrogen-bond acceptors (Lipinski definition) is 7. The van der Waals surface area contributed by atoms with Crippen LogP contribution in [0.3, 0.4) is 0 Å². The van der Waals surface area contributed by atoms with Gasteiger partial charge in [-0.1, -0.05) is 18.2 Å². The van der Waals surface area contributed by atoms with Crippen LogP contribution in [-0.4, -0.2) is 39.5 Å². The van der Waals surface area contributed by atoms with Crippen LogP contribution in [0.25, 0.3) is 34.0 Å². The van der Waals surface area contributed by atoms with E-state index in [0.29, 0.717) is 28.3 Å². The van der Waals surface area contributed by atoms with Crippen molar-refractivity contribution in [1.29, 1.82) is 0 Å². The van der Waals surface area contributed by atoms with E-state index in [1.807, 2.05) is 37.3 Å². The molecule has 3 heterocycles. The monoisotopic (exact) mass is 372 g/mol. The molecule has 0 aliphatic carbocycles. The van der Waals surface area contributed by atoms with Crippen molar-refractivity contribution in [3.63, 3.8) is 0 Å². The van der Waals surface area contributed by atoms with Gasteiger partial charge in [-0.2, -0.15) is 5.10 Å². The fourth-order valence-corrected chi connectivity index (χ4v) is 3.12. The zero-order chi connectivity index (χ0) is 19.3. The molecule has 5 rings (SSSR count). The van der Waals surface area contributed by atoms with Gasteiger partial charge in [0.05, 0.1) is 16.3 Å². The number of para-hydroxylation sites is 1. The summed E-state index contributed by atoms with van der Waals surface area (Å²) < 4.78 is 3.53. The molecule has 0 radical (unpaired) electrons. The molecule has 0 bridgehead atoms. The van der Waals surface area contributed by atoms with E-state index in [-0.39, 0.29) is 5.69 Å². The number of aromatic nitrogens is 7. The van der Waals surface area contributed by atoms with E-state index in [2.05, 4.69) is 25.5 Å². The molecule has 0 aliphatic heterocycles. The van der Waals surface area contributed by atoms with Crippen LogP contribution in [0.15, 0.2) is 54.6 Å². The first-order chi connectivity index (χ1) is 13.6. The number of hydrogen-bond donors (Lipinski definition) is 0. The Morgan fingerprint density at radius 1 is 0.929 bits per heavy atom. The van der Waals surface area contributed by atoms with Gasteiger partial charge in [-0.05, 0) is 31.2 Å². The Hall–Kier alpha value is -4.21. The van der Waals surface area contributed by atoms with Crippen molar-refractivity contribution >= 4 is 22.6 Å². The molecule has 0 unspecified atom stereocenters. The lowest BCUT2D eigenvalue weighted by molar-refractivity contribution is -0.384. The minimum Gasteiger partial charge on any atom is -0.258 e. The summed E-state index contributed by atoms with van der Waals surface area (Å²) in [6.07, 6.45) is 0. The molecule has 136 valence electrons. The number of nitrogens with zero attached hydrogens (tertiary/aromatic N) is 8. The maximum atomic E-state index is 10.9. The zero-order valence-corrected chi connectivity index (χ0v) is 14.6. The number of aryl methyl sites for hydroxylation is 1. The topological polar surface area (TPSA) is 117 Å². The van der Waals surface area contributed by atoms with Gasteiger partial charge in [0, 0.05) is 17.7 Å². The maximum absolute atomic E-state index is 10.9. The van der Waals surface area contributed by atoms with Crippen molar-refractivity contribution in [2.24, 2.45) is 0 Å². The SMILES string of the molecule is Cc1nn(-c2ccccc2)c2c1nnc1nnc(-c3ccc([N+](=O)[O-])cc3)n12. The average molecular weight is 372 g/mol. The smallest absolute Gasteiger partial charge is 0.258 e. The molecule has 2 aromatic carbocycles. The summed E-state index contributed by atoms with van der Waals surface area (Å²) in [5.41, 5.74) is 3.56. The Bertz CT molecular complexity index is 1340. The maximum Gasteiger partial charge on any atom is 0.276 e. The third kappa shape index (κ3) is 2.31. The van der Waals surface area contributed by atoms with Gasteiger partial charge in [0.25, 0.3) is 11.5 Å². The van der Waals surface area contributed by atoms with Crippen molar-refractivity contribution < 1.29 is 4.92 Å². The standard InChI is InChI=1S/C18H12N8O2/c1-11-15-17(25(23-11)13-5-3-2-4-6-13)24-16(20-22-18(24)21-19-15)12-7-9-14(10-8-12)26(27)28/h2-10H,1H3. The predicted molar refractivity (Wildman–Crippen MR) is 100 cm³/mol. The molecular formula is C18H12N8O2. The van der Waals surface area contributed by atoms with E-state index in [0.717, 1.165) is 11.4 Å². The fourth-order valence-electron chi connectivity index (χ4n) is 3.12. The highest BCUT2D eigenvalue weighted by Crippen LogP contribution is 2.26. The molecule has 5 aromatic rings. The fraction of sp³-hybridized carbons (Fsp3) is 0.0556. The van der Waals surface area contributed by atoms with Crippen molar-refractivity contribution in [3.8, 4) is 17.1 Å². The van der Waals surface area contributed by atoms with Gasteiger partial charge in [0.2, 0.25) is 0 Å². The van der Waals surface area contributed by atoms with E-state index in [4.69, 9.17) is 0 Å². The van der Waals surface area contributed by atoms with E-state index < -0.39 is 4.92 Å². The molecule has 10 heteroatoms. The van der Waals surface area contributed by atoms with Gasteiger partial charge in [0.15, 0.2) is 17.0 Å². The summed E-state index contributed by atoms with van der Waals surface area (Å²) in [6.45, 7) is 1.86. The highest BCUT2D eigenvalue weighted by Gasteiger charge is 2.20. The number of rotatable bonds is 3. The third-order valence-corrected chi connectivity index (χ3v) is 4.44. The molecule has 3 aromatic heterocycles. The predicted octanol–water partition coefficient (Wildman–Crippen LogP) is 2.74. The zero-order valence-electron chi connectivity index (χ0n) is 14.6. The van der Waals surface area contributed by atoms with Gasteiger partial charge in [-0.3, -0.25) is 10.1 Å². The van der Waals surface area contributed by atoms with Crippen LogP contribution in [0.2, 0.25) is 0 Å². The molecule has 28 heavy (non-hydrogen) atoms. The van der Waals surface area contributed by atoms with E-state index in [1.54, 1.807) is 21.2 Å². The summed E-state index contributed by atoms with van der Waals surface area (Å²) in [6, 6.07) is 15.8. The van der Waals surface area contributed by atoms with E-state index in [9.17, 15) is 10.1 Å². The summed E-state index contributed by atoms with van der Waals surface area (Å²) in [7, 11) is 0. The van der Waals surface area contributed by atoms with Crippen molar-refractivity contribution in [1.82, 2.24) is 34.6 Å². The molecule has 0 atom stereocenters. The van der Waals surface area contributed by atoms with Crippen molar-refractivity contribution in [3.05, 3.63) is 70.4 Å². The second kappa shape index (κ2) is 5.91. The van der Waals surface area contributed by atoms with Crippen LogP contribution in [-0.2, 0) is 0 Å². The third-order valence-electron chi connectivity index (χ3n) is 4.44. The highest BCUT2D eigenvalue weighted by atomic mass is 16.6. The number of nitro groups is 1. The molecule has 0 N–H and O–H groups in total. The van der Waals surface area contributed by atoms with Crippen LogP contribution in [0.5, 0.6) is 0 Å². The molecule has 0 fully saturated rings. The van der Waals surface area contributed by atoms with Crippen molar-refractivity contribution in [2.75, 3.05) is 0 Å². The average Bonchev–Trinajstić information content (AvgIpc) is 3.30. The lowest BCUT2D eigenvalue weighted by Crippen LogP contribution is -2.03. The van der Waals surface area contributed by atoms with Gasteiger partial charge in [-0.15, -0.1) is 20.4 Å². The number of benzene rings is 2. The number of fused-ring (bicyclic) bond motifs is 3. The van der Waals surface area contributed by atoms with Crippen molar-refractivity contribution in [2.45, 2.75) is 6.92 Å². The lowest BCUT2D eigenvalue weighted by Gasteiger charge is -2.06. The molecule has 0 saturated heterocycles. The van der Waals surface area contributed by atoms with E-state index >= 15 is 0 Å². The Labute approximate surface area is 157 Å². The van der Waals surface area contributed by atoms with Crippen LogP contribution >= 0.6 is 0 Å². The van der Waals surface area contributed by atoms with Crippen LogP contribution in [0.1, 0.15) is 5.69 Å². The second-order valence-electron chi connectivity index (χ2n) is 6.17. The van der Waals surface area contributed by atoms with Gasteiger partial charge < -0.3 is 0 Å². The van der Waals surface area contributed by atoms with Gasteiger partial charge in [0.1, 0.15) is 0 Å². The molecule has 0 aliphatic rings. The summed E-state index contributed by atoms with van der Waals surface area (Å²) >= 11 is 0. The molecular weight excluding hydrogens is 360 g/mol. The highest BCUT2D eigenvalue weighted by molar-refractivity contribution is 5.79. The Morgan fingerprint density at radius 2 is 1.64 bits per heavy atom. The summed E-state index contributed by atoms with van der Waals surface area (Å²) in [4.78, 5) is 10.5. The van der Waals surface area contributed by atoms with Crippen LogP contribution in [0, 0.1) is 17.0 Å². The quantitative estimate of drug-likeness (QED) is 0.353. The Morgan fingerprint density at radius 3 is 2.36 bits per heavy atom. The first-order valence-corrected chi connectivity index (χ1v) is 8.41. The second-order valence-corrected chi connectivity index (χ2v) is 6.17. The summed E-state index contributed by atoms with van der Waals surface area (Å²) in [5.74, 6) is 0.819. The number of non-ortho nitro benzene ring substituents is 1. The normalized spacial score (nSPS) is 11.3. The minimum absolute atomic E-state index is 0.00711. The largest absolute Gasteiger partial charge is 0.276 e. The lowest BCUT2D eigenvalue weighted by atomic mass is 10.2. The molecule has 0 saturated carbocycles. The van der Waals surface area contributed by atoms with Crippen LogP contribution in [0.4, 0.5) is 5.69 Å². The Balaban J connectivity index is 1.83. The summed E-state index contributed by atoms with van der Waals surface area (Å²) in [5, 5.41) is 32.3. The molecule has 0 spiro atoms. The van der Waals surface area contributed by atoms with Gasteiger partial charge in [-0.25, -0.2) is 9.08 Å². The molecule has 10 nitrogen and oxygen atoms in total. The first kappa shape index (κ1) is 16.0.